The van der Waals surface area contributed by atoms with Crippen LogP contribution >= 0.6 is 0 Å². The summed E-state index contributed by atoms with van der Waals surface area (Å²) in [7, 11) is 0. The molecule has 0 saturated carbocycles. The minimum atomic E-state index is -2.03. The van der Waals surface area contributed by atoms with Crippen LogP contribution in [0.3, 0.4) is 0 Å². The molecule has 104 valence electrons. The van der Waals surface area contributed by atoms with Crippen LogP contribution in [0.25, 0.3) is 0 Å². The molecule has 0 aromatic carbocycles. The molecule has 0 radical (unpaired) electrons. The van der Waals surface area contributed by atoms with Crippen molar-refractivity contribution in [1.29, 1.82) is 0 Å². The van der Waals surface area contributed by atoms with Gasteiger partial charge in [-0.1, -0.05) is 0 Å². The Morgan fingerprint density at radius 2 is 0.818 bits per heavy atom. The second-order valence-electron chi connectivity index (χ2n) is 2.36. The number of carbonyl (C=O) groups is 6. The molecule has 0 rings (SSSR count). The van der Waals surface area contributed by atoms with Gasteiger partial charge >= 0.3 is 154 Å². The van der Waals surface area contributed by atoms with Gasteiger partial charge in [-0.15, -0.1) is 0 Å². The van der Waals surface area contributed by atoms with E-state index in [1.165, 1.54) is 0 Å². The molecular formula is C8H8Na4O10. The second-order valence-corrected chi connectivity index (χ2v) is 2.36. The van der Waals surface area contributed by atoms with Gasteiger partial charge in [0.05, 0.1) is 0 Å². The predicted octanol–water partition coefficient (Wildman–Crippen LogP) is -4.74. The number of ether oxygens (including phenoxy) is 2. The zero-order valence-corrected chi connectivity index (χ0v) is 8.32. The summed E-state index contributed by atoms with van der Waals surface area (Å²) in [6.45, 7) is 0. The molecule has 22 heavy (non-hydrogen) atoms. The van der Waals surface area contributed by atoms with E-state index in [9.17, 15) is 28.8 Å². The van der Waals surface area contributed by atoms with Crippen LogP contribution in [0.4, 0.5) is 0 Å². The van der Waals surface area contributed by atoms with Crippen molar-refractivity contribution in [3.8, 4) is 0 Å². The van der Waals surface area contributed by atoms with Crippen LogP contribution < -0.4 is 0 Å². The van der Waals surface area contributed by atoms with Crippen LogP contribution in [0.15, 0.2) is 12.2 Å². The summed E-state index contributed by atoms with van der Waals surface area (Å²) < 4.78 is 7.28. The van der Waals surface area contributed by atoms with Gasteiger partial charge in [0.15, 0.2) is 0 Å². The molecule has 0 saturated heterocycles. The maximum absolute atomic E-state index is 10.7. The average Bonchev–Trinajstić information content (AvgIpc) is 2.25. The van der Waals surface area contributed by atoms with Crippen molar-refractivity contribution in [3.05, 3.63) is 12.2 Å². The first-order chi connectivity index (χ1) is 8.23. The number of esters is 4. The predicted molar refractivity (Wildman–Crippen MR) is 75.2 cm³/mol. The monoisotopic (exact) mass is 356 g/mol. The summed E-state index contributed by atoms with van der Waals surface area (Å²) >= 11 is 0. The van der Waals surface area contributed by atoms with Crippen LogP contribution in [0.2, 0.25) is 0 Å². The molecule has 0 fully saturated rings. The SMILES string of the molecule is O=C(/C=C/C(=O)OC(=O)C(=O)O)OC(=O)C(=O)O.[NaH].[NaH].[NaH].[NaH]. The number of aliphatic carboxylic acids is 2. The molecule has 0 atom stereocenters. The van der Waals surface area contributed by atoms with Crippen LogP contribution in [0.1, 0.15) is 0 Å². The summed E-state index contributed by atoms with van der Waals surface area (Å²) in [5.74, 6) is -10.8. The van der Waals surface area contributed by atoms with Gasteiger partial charge in [-0.3, -0.25) is 0 Å². The normalized spacial score (nSPS) is 7.82. The van der Waals surface area contributed by atoms with E-state index < -0.39 is 35.8 Å². The molecule has 0 spiro atoms. The molecule has 14 heteroatoms. The molecule has 0 aliphatic rings. The Labute approximate surface area is 211 Å². The zero-order chi connectivity index (χ0) is 14.3. The van der Waals surface area contributed by atoms with Crippen molar-refractivity contribution in [2.45, 2.75) is 0 Å². The van der Waals surface area contributed by atoms with Gasteiger partial charge in [0.1, 0.15) is 0 Å². The molecule has 10 nitrogen and oxygen atoms in total. The number of carboxylic acid groups (broad SMARTS) is 2. The van der Waals surface area contributed by atoms with E-state index >= 15 is 0 Å². The zero-order valence-electron chi connectivity index (χ0n) is 8.32. The van der Waals surface area contributed by atoms with E-state index in [4.69, 9.17) is 10.2 Å². The molecule has 0 aromatic rings. The number of carbonyl (C=O) groups excluding carboxylic acids is 4. The van der Waals surface area contributed by atoms with Gasteiger partial charge in [-0.05, 0) is 0 Å². The van der Waals surface area contributed by atoms with E-state index in [0.29, 0.717) is 0 Å². The van der Waals surface area contributed by atoms with Gasteiger partial charge in [0.25, 0.3) is 0 Å². The second kappa shape index (κ2) is 18.3. The van der Waals surface area contributed by atoms with Gasteiger partial charge in [-0.25, -0.2) is 28.8 Å². The Morgan fingerprint density at radius 3 is 1.00 bits per heavy atom. The first kappa shape index (κ1) is 34.3. The van der Waals surface area contributed by atoms with Crippen molar-refractivity contribution in [1.82, 2.24) is 0 Å². The Morgan fingerprint density at radius 1 is 0.591 bits per heavy atom. The van der Waals surface area contributed by atoms with E-state index in [1.54, 1.807) is 0 Å². The first-order valence-electron chi connectivity index (χ1n) is 3.90. The first-order valence-corrected chi connectivity index (χ1v) is 3.90. The third-order valence-electron chi connectivity index (χ3n) is 1.09. The Kier molecular flexibility index (Phi) is 28.6. The molecule has 0 heterocycles. The molecule has 0 aliphatic carbocycles. The third kappa shape index (κ3) is 17.3. The fraction of sp³-hybridized carbons (Fsp3) is 0. The van der Waals surface area contributed by atoms with Crippen molar-refractivity contribution >= 4 is 154 Å². The summed E-state index contributed by atoms with van der Waals surface area (Å²) in [5, 5.41) is 16.1. The molecular weight excluding hydrogens is 348 g/mol. The Bertz CT molecular complexity index is 430. The van der Waals surface area contributed by atoms with E-state index in [-0.39, 0.29) is 130 Å². The molecule has 0 aromatic heterocycles. The summed E-state index contributed by atoms with van der Waals surface area (Å²) in [6.07, 6.45) is 0.552. The quantitative estimate of drug-likeness (QED) is 0.162. The van der Waals surface area contributed by atoms with Gasteiger partial charge < -0.3 is 19.7 Å². The summed E-state index contributed by atoms with van der Waals surface area (Å²) in [5.41, 5.74) is 0. The molecule has 2 N–H and O–H groups in total. The number of hydrogen-bond donors (Lipinski definition) is 2. The molecule has 0 aliphatic heterocycles. The fourth-order valence-corrected chi connectivity index (χ4v) is 0.474. The Hall–Kier alpha value is 0.960. The Balaban J connectivity index is -0.000000241. The van der Waals surface area contributed by atoms with Crippen molar-refractivity contribution in [2.24, 2.45) is 0 Å². The maximum atomic E-state index is 10.7. The van der Waals surface area contributed by atoms with Gasteiger partial charge in [-0.2, -0.15) is 0 Å². The van der Waals surface area contributed by atoms with E-state index in [2.05, 4.69) is 9.47 Å². The van der Waals surface area contributed by atoms with Gasteiger partial charge in [0, 0.05) is 12.2 Å². The minimum absolute atomic E-state index is 0. The fourth-order valence-electron chi connectivity index (χ4n) is 0.474. The number of hydrogen-bond acceptors (Lipinski definition) is 8. The van der Waals surface area contributed by atoms with Crippen LogP contribution in [-0.2, 0) is 38.2 Å². The van der Waals surface area contributed by atoms with Crippen molar-refractivity contribution < 1.29 is 48.5 Å². The topological polar surface area (TPSA) is 161 Å². The molecule has 0 bridgehead atoms. The number of rotatable bonds is 2. The van der Waals surface area contributed by atoms with E-state index in [1.807, 2.05) is 0 Å². The van der Waals surface area contributed by atoms with Crippen LogP contribution in [-0.4, -0.2) is 164 Å². The number of carboxylic acids is 2. The summed E-state index contributed by atoms with van der Waals surface area (Å²) in [4.78, 5) is 61.9. The molecule has 0 amide bonds. The van der Waals surface area contributed by atoms with Crippen molar-refractivity contribution in [3.63, 3.8) is 0 Å². The van der Waals surface area contributed by atoms with Crippen molar-refractivity contribution in [2.75, 3.05) is 0 Å². The summed E-state index contributed by atoms with van der Waals surface area (Å²) in [6, 6.07) is 0. The third-order valence-corrected chi connectivity index (χ3v) is 1.09. The van der Waals surface area contributed by atoms with Gasteiger partial charge in [0.2, 0.25) is 0 Å². The van der Waals surface area contributed by atoms with Crippen LogP contribution in [0.5, 0.6) is 0 Å². The average molecular weight is 356 g/mol. The van der Waals surface area contributed by atoms with Crippen LogP contribution in [0, 0.1) is 0 Å². The van der Waals surface area contributed by atoms with E-state index in [0.717, 1.165) is 0 Å². The molecule has 0 unspecified atom stereocenters. The standard InChI is InChI=1S/C8H4O10.4Na.4H/c9-3(17-7(15)5(11)12)1-2-4(10)18-8(16)6(13)14;;;;;;;;/h1-2H,(H,11,12)(H,13,14);;;;;;;;/b2-1+;;;;;;;;.